The van der Waals surface area contributed by atoms with Gasteiger partial charge < -0.3 is 9.47 Å². The van der Waals surface area contributed by atoms with Crippen LogP contribution in [0.15, 0.2) is 11.5 Å². The van der Waals surface area contributed by atoms with Crippen LogP contribution in [0.4, 0.5) is 0 Å². The van der Waals surface area contributed by atoms with E-state index in [1.807, 2.05) is 13.8 Å². The van der Waals surface area contributed by atoms with E-state index in [4.69, 9.17) is 9.47 Å². The second kappa shape index (κ2) is 5.52. The molecule has 1 aliphatic rings. The molecule has 0 aromatic carbocycles. The van der Waals surface area contributed by atoms with Crippen LogP contribution in [0.1, 0.15) is 26.7 Å². The third kappa shape index (κ3) is 2.87. The fourth-order valence-corrected chi connectivity index (χ4v) is 4.03. The highest BCUT2D eigenvalue weighted by molar-refractivity contribution is 6.87. The van der Waals surface area contributed by atoms with Gasteiger partial charge in [0, 0.05) is 0 Å². The standard InChI is InChI=1S/C12H22O3Si/c1-5-14-12(13)10(2)16(3,4)11-8-6-7-9-15-11/h8,10H,5-7,9H2,1-4H3. The largest absolute Gasteiger partial charge is 0.503 e. The molecule has 0 aromatic heterocycles. The lowest BCUT2D eigenvalue weighted by Gasteiger charge is -2.32. The maximum atomic E-state index is 11.8. The maximum absolute atomic E-state index is 11.8. The smallest absolute Gasteiger partial charge is 0.306 e. The van der Waals surface area contributed by atoms with Crippen LogP contribution in [0.2, 0.25) is 18.6 Å². The highest BCUT2D eigenvalue weighted by Gasteiger charge is 2.40. The Hall–Kier alpha value is -0.773. The molecular weight excluding hydrogens is 220 g/mol. The van der Waals surface area contributed by atoms with Crippen molar-refractivity contribution >= 4 is 14.0 Å². The number of carbonyl (C=O) groups excluding carboxylic acids is 1. The van der Waals surface area contributed by atoms with Crippen molar-refractivity contribution in [1.82, 2.24) is 0 Å². The Balaban J connectivity index is 2.75. The van der Waals surface area contributed by atoms with Crippen molar-refractivity contribution in [2.45, 2.75) is 45.3 Å². The summed E-state index contributed by atoms with van der Waals surface area (Å²) in [5.74, 6) is -0.0887. The molecule has 0 aromatic rings. The van der Waals surface area contributed by atoms with Gasteiger partial charge in [-0.15, -0.1) is 0 Å². The van der Waals surface area contributed by atoms with E-state index >= 15 is 0 Å². The van der Waals surface area contributed by atoms with Crippen molar-refractivity contribution in [3.8, 4) is 0 Å². The first-order chi connectivity index (χ1) is 7.50. The molecule has 0 amide bonds. The second-order valence-electron chi connectivity index (χ2n) is 4.75. The molecule has 0 saturated carbocycles. The third-order valence-electron chi connectivity index (χ3n) is 3.29. The van der Waals surface area contributed by atoms with Gasteiger partial charge in [0.05, 0.1) is 24.1 Å². The molecule has 0 N–H and O–H groups in total. The average molecular weight is 242 g/mol. The minimum Gasteiger partial charge on any atom is -0.503 e. The molecule has 16 heavy (non-hydrogen) atoms. The SMILES string of the molecule is CCOC(=O)C(C)[Si](C)(C)C1=CCCCO1. The second-order valence-corrected chi connectivity index (χ2v) is 9.56. The van der Waals surface area contributed by atoms with Gasteiger partial charge in [-0.3, -0.25) is 4.79 Å². The summed E-state index contributed by atoms with van der Waals surface area (Å²) in [6.45, 7) is 9.39. The average Bonchev–Trinajstić information content (AvgIpc) is 2.29. The van der Waals surface area contributed by atoms with Crippen LogP contribution in [-0.4, -0.2) is 27.3 Å². The molecular formula is C12H22O3Si. The number of ether oxygens (including phenoxy) is 2. The number of hydrogen-bond donors (Lipinski definition) is 0. The molecule has 92 valence electrons. The molecule has 0 spiro atoms. The fourth-order valence-electron chi connectivity index (χ4n) is 1.78. The molecule has 0 aliphatic carbocycles. The Labute approximate surface area is 98.8 Å². The highest BCUT2D eigenvalue weighted by atomic mass is 28.3. The molecule has 3 nitrogen and oxygen atoms in total. The van der Waals surface area contributed by atoms with Crippen LogP contribution in [0.5, 0.6) is 0 Å². The zero-order valence-corrected chi connectivity index (χ0v) is 11.7. The molecule has 4 heteroatoms. The van der Waals surface area contributed by atoms with Gasteiger partial charge in [0.1, 0.15) is 8.07 Å². The molecule has 1 atom stereocenters. The van der Waals surface area contributed by atoms with Crippen molar-refractivity contribution in [2.75, 3.05) is 13.2 Å². The lowest BCUT2D eigenvalue weighted by Crippen LogP contribution is -2.40. The highest BCUT2D eigenvalue weighted by Crippen LogP contribution is 2.32. The molecule has 0 bridgehead atoms. The molecule has 0 fully saturated rings. The molecule has 1 unspecified atom stereocenters. The van der Waals surface area contributed by atoms with Crippen molar-refractivity contribution in [3.05, 3.63) is 11.5 Å². The van der Waals surface area contributed by atoms with E-state index < -0.39 is 8.07 Å². The number of esters is 1. The first-order valence-electron chi connectivity index (χ1n) is 6.00. The Bertz CT molecular complexity index is 284. The zero-order valence-electron chi connectivity index (χ0n) is 10.7. The maximum Gasteiger partial charge on any atom is 0.306 e. The first-order valence-corrected chi connectivity index (χ1v) is 9.08. The number of allylic oxidation sites excluding steroid dienone is 1. The van der Waals surface area contributed by atoms with Crippen LogP contribution in [0.3, 0.4) is 0 Å². The van der Waals surface area contributed by atoms with Gasteiger partial charge in [0.15, 0.2) is 0 Å². The van der Waals surface area contributed by atoms with E-state index in [2.05, 4.69) is 19.2 Å². The van der Waals surface area contributed by atoms with Gasteiger partial charge in [-0.2, -0.15) is 0 Å². The van der Waals surface area contributed by atoms with Crippen LogP contribution >= 0.6 is 0 Å². The molecule has 0 radical (unpaired) electrons. The minimum atomic E-state index is -1.84. The monoisotopic (exact) mass is 242 g/mol. The first kappa shape index (κ1) is 13.3. The van der Waals surface area contributed by atoms with Crippen molar-refractivity contribution in [2.24, 2.45) is 0 Å². The number of carbonyl (C=O) groups is 1. The van der Waals surface area contributed by atoms with Gasteiger partial charge >= 0.3 is 5.97 Å². The Kier molecular flexibility index (Phi) is 4.59. The molecule has 0 saturated heterocycles. The van der Waals surface area contributed by atoms with E-state index in [0.717, 1.165) is 24.8 Å². The Morgan fingerprint density at radius 2 is 2.31 bits per heavy atom. The summed E-state index contributed by atoms with van der Waals surface area (Å²) >= 11 is 0. The lowest BCUT2D eigenvalue weighted by atomic mass is 10.3. The van der Waals surface area contributed by atoms with Gasteiger partial charge in [-0.05, 0) is 19.8 Å². The van der Waals surface area contributed by atoms with E-state index in [-0.39, 0.29) is 11.5 Å². The van der Waals surface area contributed by atoms with Gasteiger partial charge in [0.2, 0.25) is 0 Å². The quantitative estimate of drug-likeness (QED) is 0.562. The zero-order chi connectivity index (χ0) is 12.2. The third-order valence-corrected chi connectivity index (χ3v) is 7.31. The summed E-state index contributed by atoms with van der Waals surface area (Å²) in [5.41, 5.74) is -0.0446. The van der Waals surface area contributed by atoms with Gasteiger partial charge in [-0.25, -0.2) is 0 Å². The normalized spacial score (nSPS) is 18.4. The summed E-state index contributed by atoms with van der Waals surface area (Å²) < 4.78 is 10.8. The van der Waals surface area contributed by atoms with E-state index in [0.29, 0.717) is 6.61 Å². The van der Waals surface area contributed by atoms with Crippen LogP contribution in [0.25, 0.3) is 0 Å². The van der Waals surface area contributed by atoms with Crippen molar-refractivity contribution < 1.29 is 14.3 Å². The van der Waals surface area contributed by atoms with Gasteiger partial charge in [0.25, 0.3) is 0 Å². The molecule has 1 aliphatic heterocycles. The summed E-state index contributed by atoms with van der Waals surface area (Å²) in [6.07, 6.45) is 4.31. The lowest BCUT2D eigenvalue weighted by molar-refractivity contribution is -0.142. The summed E-state index contributed by atoms with van der Waals surface area (Å²) in [6, 6.07) is 0. The van der Waals surface area contributed by atoms with Crippen LogP contribution < -0.4 is 0 Å². The predicted octanol–water partition coefficient (Wildman–Crippen LogP) is 2.88. The Morgan fingerprint density at radius 1 is 1.62 bits per heavy atom. The van der Waals surface area contributed by atoms with E-state index in [9.17, 15) is 4.79 Å². The number of rotatable bonds is 4. The topological polar surface area (TPSA) is 35.5 Å². The predicted molar refractivity (Wildman–Crippen MR) is 66.8 cm³/mol. The fraction of sp³-hybridized carbons (Fsp3) is 0.750. The van der Waals surface area contributed by atoms with Crippen LogP contribution in [0, 0.1) is 0 Å². The van der Waals surface area contributed by atoms with E-state index in [1.165, 1.54) is 0 Å². The Morgan fingerprint density at radius 3 is 2.81 bits per heavy atom. The minimum absolute atomic E-state index is 0.0446. The summed E-state index contributed by atoms with van der Waals surface area (Å²) in [7, 11) is -1.84. The summed E-state index contributed by atoms with van der Waals surface area (Å²) in [5, 5.41) is 1.07. The number of hydrogen-bond acceptors (Lipinski definition) is 3. The van der Waals surface area contributed by atoms with Crippen molar-refractivity contribution in [3.63, 3.8) is 0 Å². The van der Waals surface area contributed by atoms with Crippen LogP contribution in [-0.2, 0) is 14.3 Å². The van der Waals surface area contributed by atoms with Gasteiger partial charge in [-0.1, -0.05) is 26.1 Å². The van der Waals surface area contributed by atoms with Crippen molar-refractivity contribution in [1.29, 1.82) is 0 Å². The molecule has 1 rings (SSSR count). The molecule has 1 heterocycles. The van der Waals surface area contributed by atoms with E-state index in [1.54, 1.807) is 0 Å². The summed E-state index contributed by atoms with van der Waals surface area (Å²) in [4.78, 5) is 11.8.